The first kappa shape index (κ1) is 16.4. The number of carbonyl (C=O) groups excluding carboxylic acids is 1. The zero-order valence-corrected chi connectivity index (χ0v) is 13.5. The van der Waals surface area contributed by atoms with Crippen molar-refractivity contribution in [2.75, 3.05) is 13.7 Å². The van der Waals surface area contributed by atoms with Crippen molar-refractivity contribution in [1.29, 1.82) is 0 Å². The van der Waals surface area contributed by atoms with E-state index in [4.69, 9.17) is 4.74 Å². The van der Waals surface area contributed by atoms with E-state index < -0.39 is 0 Å². The first-order chi connectivity index (χ1) is 11.1. The van der Waals surface area contributed by atoms with Crippen molar-refractivity contribution in [3.05, 3.63) is 35.6 Å². The van der Waals surface area contributed by atoms with E-state index >= 15 is 0 Å². The molecular formula is C18H24FNO3. The molecule has 1 heterocycles. The smallest absolute Gasteiger partial charge is 0.223 e. The highest BCUT2D eigenvalue weighted by molar-refractivity contribution is 5.77. The van der Waals surface area contributed by atoms with E-state index in [9.17, 15) is 14.3 Å². The first-order valence-corrected chi connectivity index (χ1v) is 8.32. The van der Waals surface area contributed by atoms with Crippen LogP contribution in [0.25, 0.3) is 0 Å². The zero-order valence-electron chi connectivity index (χ0n) is 13.5. The number of fused-ring (bicyclic) bond motifs is 1. The van der Waals surface area contributed by atoms with Crippen molar-refractivity contribution in [3.63, 3.8) is 0 Å². The molecule has 4 nitrogen and oxygen atoms in total. The van der Waals surface area contributed by atoms with E-state index in [0.717, 1.165) is 19.3 Å². The number of hydrogen-bond donors (Lipinski definition) is 1. The van der Waals surface area contributed by atoms with Gasteiger partial charge in [0, 0.05) is 20.1 Å². The van der Waals surface area contributed by atoms with Crippen LogP contribution in [-0.2, 0) is 16.0 Å². The van der Waals surface area contributed by atoms with Crippen LogP contribution >= 0.6 is 0 Å². The number of aliphatic hydroxyl groups excluding tert-OH is 1. The predicted octanol–water partition coefficient (Wildman–Crippen LogP) is 2.29. The predicted molar refractivity (Wildman–Crippen MR) is 84.4 cm³/mol. The fourth-order valence-corrected chi connectivity index (χ4v) is 4.06. The van der Waals surface area contributed by atoms with E-state index in [1.54, 1.807) is 25.3 Å². The van der Waals surface area contributed by atoms with Gasteiger partial charge in [-0.15, -0.1) is 0 Å². The van der Waals surface area contributed by atoms with E-state index in [-0.39, 0.29) is 35.9 Å². The molecule has 0 radical (unpaired) electrons. The molecule has 0 aromatic heterocycles. The number of rotatable bonds is 4. The van der Waals surface area contributed by atoms with Crippen LogP contribution in [-0.4, -0.2) is 47.3 Å². The highest BCUT2D eigenvalue weighted by atomic mass is 19.1. The molecule has 3 rings (SSSR count). The van der Waals surface area contributed by atoms with Crippen LogP contribution in [0.15, 0.2) is 24.3 Å². The molecule has 1 N–H and O–H groups in total. The molecule has 1 aliphatic carbocycles. The van der Waals surface area contributed by atoms with Gasteiger partial charge >= 0.3 is 0 Å². The zero-order chi connectivity index (χ0) is 16.4. The lowest BCUT2D eigenvalue weighted by Gasteiger charge is -2.42. The van der Waals surface area contributed by atoms with Gasteiger partial charge in [-0.3, -0.25) is 4.79 Å². The maximum Gasteiger partial charge on any atom is 0.223 e. The molecule has 1 amide bonds. The third-order valence-electron chi connectivity index (χ3n) is 5.45. The summed E-state index contributed by atoms with van der Waals surface area (Å²) in [6, 6.07) is 6.51. The Kier molecular flexibility index (Phi) is 4.69. The summed E-state index contributed by atoms with van der Waals surface area (Å²) in [5.41, 5.74) is 0.258. The average Bonchev–Trinajstić information content (AvgIpc) is 2.93. The molecular weight excluding hydrogens is 297 g/mol. The van der Waals surface area contributed by atoms with Gasteiger partial charge in [0.1, 0.15) is 5.82 Å². The largest absolute Gasteiger partial charge is 0.393 e. The summed E-state index contributed by atoms with van der Waals surface area (Å²) in [4.78, 5) is 14.5. The summed E-state index contributed by atoms with van der Waals surface area (Å²) in [6.07, 6.45) is 3.20. The maximum atomic E-state index is 13.7. The van der Waals surface area contributed by atoms with Crippen LogP contribution in [0.4, 0.5) is 4.39 Å². The second kappa shape index (κ2) is 6.57. The van der Waals surface area contributed by atoms with Gasteiger partial charge in [-0.2, -0.15) is 0 Å². The molecule has 126 valence electrons. The van der Waals surface area contributed by atoms with Crippen molar-refractivity contribution < 1.29 is 19.0 Å². The molecule has 1 saturated carbocycles. The minimum atomic E-state index is -0.372. The van der Waals surface area contributed by atoms with Gasteiger partial charge in [0.25, 0.3) is 0 Å². The van der Waals surface area contributed by atoms with Gasteiger partial charge in [-0.05, 0) is 43.7 Å². The van der Waals surface area contributed by atoms with Gasteiger partial charge in [-0.25, -0.2) is 4.39 Å². The Morgan fingerprint density at radius 2 is 2.22 bits per heavy atom. The number of likely N-dealkylation sites (tertiary alicyclic amines) is 1. The van der Waals surface area contributed by atoms with Gasteiger partial charge in [0.05, 0.1) is 17.7 Å². The number of carbonyl (C=O) groups is 1. The quantitative estimate of drug-likeness (QED) is 0.926. The summed E-state index contributed by atoms with van der Waals surface area (Å²) < 4.78 is 19.4. The van der Waals surface area contributed by atoms with Gasteiger partial charge in [-0.1, -0.05) is 18.2 Å². The Balaban J connectivity index is 1.67. The van der Waals surface area contributed by atoms with Crippen molar-refractivity contribution in [1.82, 2.24) is 4.90 Å². The summed E-state index contributed by atoms with van der Waals surface area (Å²) in [6.45, 7) is 0.654. The van der Waals surface area contributed by atoms with Crippen LogP contribution in [0.3, 0.4) is 0 Å². The third kappa shape index (κ3) is 3.12. The molecule has 2 fully saturated rings. The average molecular weight is 321 g/mol. The number of nitrogens with zero attached hydrogens (tertiary/aromatic N) is 1. The SMILES string of the molecule is CO[C@@]12CC[C@H](O)C[C@@H]1N(C(=O)CCc1ccccc1F)CC2. The van der Waals surface area contributed by atoms with Crippen molar-refractivity contribution in [2.45, 2.75) is 56.3 Å². The summed E-state index contributed by atoms with van der Waals surface area (Å²) in [7, 11) is 1.69. The van der Waals surface area contributed by atoms with Crippen LogP contribution in [0, 0.1) is 5.82 Å². The number of halogens is 1. The molecule has 5 heteroatoms. The first-order valence-electron chi connectivity index (χ1n) is 8.32. The van der Waals surface area contributed by atoms with Gasteiger partial charge < -0.3 is 14.7 Å². The van der Waals surface area contributed by atoms with Gasteiger partial charge in [0.15, 0.2) is 0 Å². The maximum absolute atomic E-state index is 13.7. The van der Waals surface area contributed by atoms with Crippen molar-refractivity contribution >= 4 is 5.91 Å². The molecule has 1 aromatic rings. The highest BCUT2D eigenvalue weighted by Crippen LogP contribution is 2.42. The lowest BCUT2D eigenvalue weighted by Crippen LogP contribution is -2.52. The number of methoxy groups -OCH3 is 1. The minimum absolute atomic E-state index is 0.0197. The third-order valence-corrected chi connectivity index (χ3v) is 5.45. The molecule has 0 unspecified atom stereocenters. The summed E-state index contributed by atoms with van der Waals surface area (Å²) >= 11 is 0. The molecule has 0 spiro atoms. The Labute approximate surface area is 136 Å². The minimum Gasteiger partial charge on any atom is -0.393 e. The van der Waals surface area contributed by atoms with E-state index in [1.165, 1.54) is 6.07 Å². The normalized spacial score (nSPS) is 30.3. The summed E-state index contributed by atoms with van der Waals surface area (Å²) in [5.74, 6) is -0.243. The molecule has 1 aromatic carbocycles. The van der Waals surface area contributed by atoms with E-state index in [1.807, 2.05) is 4.90 Å². The second-order valence-electron chi connectivity index (χ2n) is 6.64. The standard InChI is InChI=1S/C18H24FNO3/c1-23-18-9-8-14(21)12-16(18)20(11-10-18)17(22)7-6-13-4-2-3-5-15(13)19/h2-5,14,16,21H,6-12H2,1H3/t14-,16-,18+/m0/s1. The molecule has 3 atom stereocenters. The molecule has 0 bridgehead atoms. The second-order valence-corrected chi connectivity index (χ2v) is 6.64. The number of aliphatic hydroxyl groups is 1. The van der Waals surface area contributed by atoms with Gasteiger partial charge in [0.2, 0.25) is 5.91 Å². The molecule has 1 aliphatic heterocycles. The number of benzene rings is 1. The number of ether oxygens (including phenoxy) is 1. The number of hydrogen-bond acceptors (Lipinski definition) is 3. The Hall–Kier alpha value is -1.46. The van der Waals surface area contributed by atoms with Crippen molar-refractivity contribution in [3.8, 4) is 0 Å². The van der Waals surface area contributed by atoms with E-state index in [2.05, 4.69) is 0 Å². The molecule has 2 aliphatic rings. The van der Waals surface area contributed by atoms with Crippen LogP contribution in [0.5, 0.6) is 0 Å². The summed E-state index contributed by atoms with van der Waals surface area (Å²) in [5, 5.41) is 9.97. The fourth-order valence-electron chi connectivity index (χ4n) is 4.06. The Morgan fingerprint density at radius 1 is 1.43 bits per heavy atom. The Morgan fingerprint density at radius 3 is 2.96 bits per heavy atom. The van der Waals surface area contributed by atoms with Crippen LogP contribution in [0.2, 0.25) is 0 Å². The number of amides is 1. The topological polar surface area (TPSA) is 49.8 Å². The monoisotopic (exact) mass is 321 g/mol. The lowest BCUT2D eigenvalue weighted by atomic mass is 9.79. The van der Waals surface area contributed by atoms with E-state index in [0.29, 0.717) is 24.9 Å². The number of aryl methyl sites for hydroxylation is 1. The van der Waals surface area contributed by atoms with Crippen LogP contribution < -0.4 is 0 Å². The fraction of sp³-hybridized carbons (Fsp3) is 0.611. The van der Waals surface area contributed by atoms with Crippen LogP contribution in [0.1, 0.15) is 37.7 Å². The Bertz CT molecular complexity index is 579. The lowest BCUT2D eigenvalue weighted by molar-refractivity contribution is -0.139. The molecule has 1 saturated heterocycles. The highest BCUT2D eigenvalue weighted by Gasteiger charge is 2.52. The molecule has 23 heavy (non-hydrogen) atoms. The van der Waals surface area contributed by atoms with Crippen molar-refractivity contribution in [2.24, 2.45) is 0 Å².